The minimum Gasteiger partial charge on any atom is -0.366 e. The van der Waals surface area contributed by atoms with E-state index in [0.717, 1.165) is 22.6 Å². The minimum absolute atomic E-state index is 0.0615. The van der Waals surface area contributed by atoms with Crippen LogP contribution < -0.4 is 4.90 Å². The lowest BCUT2D eigenvalue weighted by molar-refractivity contribution is 0.0999. The van der Waals surface area contributed by atoms with Gasteiger partial charge in [-0.2, -0.15) is 5.26 Å². The topological polar surface area (TPSA) is 49.0 Å². The highest BCUT2D eigenvalue weighted by molar-refractivity contribution is 6.00. The first kappa shape index (κ1) is 14.9. The van der Waals surface area contributed by atoms with Gasteiger partial charge in [0.15, 0.2) is 5.78 Å². The maximum Gasteiger partial charge on any atom is 0.183 e. The molecule has 0 aliphatic heterocycles. The molecule has 108 valence electrons. The third-order valence-electron chi connectivity index (χ3n) is 3.89. The molecular formula is C17H19N3O. The van der Waals surface area contributed by atoms with Crippen LogP contribution in [0.25, 0.3) is 0 Å². The lowest BCUT2D eigenvalue weighted by atomic mass is 10.1. The molecule has 1 aromatic carbocycles. The number of nitrogens with zero attached hydrogens (tertiary/aromatic N) is 3. The van der Waals surface area contributed by atoms with E-state index < -0.39 is 0 Å². The van der Waals surface area contributed by atoms with E-state index in [1.165, 1.54) is 0 Å². The molecular weight excluding hydrogens is 262 g/mol. The number of hydrogen-bond acceptors (Lipinski definition) is 3. The molecule has 4 heteroatoms. The number of benzene rings is 1. The van der Waals surface area contributed by atoms with Crippen molar-refractivity contribution in [1.82, 2.24) is 4.57 Å². The molecule has 4 nitrogen and oxygen atoms in total. The van der Waals surface area contributed by atoms with Crippen LogP contribution in [0.1, 0.15) is 27.3 Å². The first-order valence-corrected chi connectivity index (χ1v) is 6.82. The van der Waals surface area contributed by atoms with Crippen LogP contribution in [0.2, 0.25) is 0 Å². The summed E-state index contributed by atoms with van der Waals surface area (Å²) in [5.74, 6) is 0.0615. The summed E-state index contributed by atoms with van der Waals surface area (Å²) < 4.78 is 2.01. The molecule has 1 heterocycles. The zero-order valence-corrected chi connectivity index (χ0v) is 12.8. The number of aromatic nitrogens is 1. The fourth-order valence-corrected chi connectivity index (χ4v) is 2.42. The van der Waals surface area contributed by atoms with Crippen molar-refractivity contribution in [1.29, 1.82) is 5.26 Å². The van der Waals surface area contributed by atoms with Crippen LogP contribution in [0.4, 0.5) is 5.69 Å². The van der Waals surface area contributed by atoms with Crippen molar-refractivity contribution in [3.8, 4) is 6.07 Å². The van der Waals surface area contributed by atoms with E-state index in [0.29, 0.717) is 5.56 Å². The van der Waals surface area contributed by atoms with E-state index in [9.17, 15) is 4.79 Å². The molecule has 0 saturated carbocycles. The van der Waals surface area contributed by atoms with Crippen molar-refractivity contribution in [3.63, 3.8) is 0 Å². The van der Waals surface area contributed by atoms with Crippen LogP contribution in [0.3, 0.4) is 0 Å². The number of rotatable bonds is 4. The Kier molecular flexibility index (Phi) is 4.13. The smallest absolute Gasteiger partial charge is 0.183 e. The number of aryl methyl sites for hydroxylation is 1. The highest BCUT2D eigenvalue weighted by atomic mass is 16.1. The van der Waals surface area contributed by atoms with Gasteiger partial charge < -0.3 is 9.47 Å². The lowest BCUT2D eigenvalue weighted by Gasteiger charge is -2.19. The molecule has 0 N–H and O–H groups in total. The van der Waals surface area contributed by atoms with Crippen molar-refractivity contribution in [2.45, 2.75) is 13.8 Å². The Labute approximate surface area is 125 Å². The van der Waals surface area contributed by atoms with Crippen LogP contribution in [0.5, 0.6) is 0 Å². The standard InChI is InChI=1S/C17H19N3O/c1-12-9-15(13(2)20(12)4)17(21)11-19(3)16-8-6-5-7-14(16)10-18/h5-9H,11H2,1-4H3. The van der Waals surface area contributed by atoms with Crippen molar-refractivity contribution < 1.29 is 4.79 Å². The van der Waals surface area contributed by atoms with E-state index in [1.54, 1.807) is 6.07 Å². The number of likely N-dealkylation sites (N-methyl/N-ethyl adjacent to an activating group) is 1. The zero-order chi connectivity index (χ0) is 15.6. The second-order valence-electron chi connectivity index (χ2n) is 5.25. The molecule has 0 aliphatic carbocycles. The van der Waals surface area contributed by atoms with E-state index in [4.69, 9.17) is 5.26 Å². The average molecular weight is 281 g/mol. The number of para-hydroxylation sites is 1. The monoisotopic (exact) mass is 281 g/mol. The molecule has 0 unspecified atom stereocenters. The highest BCUT2D eigenvalue weighted by Crippen LogP contribution is 2.20. The Hall–Kier alpha value is -2.54. The van der Waals surface area contributed by atoms with Crippen LogP contribution in [0.15, 0.2) is 30.3 Å². The third-order valence-corrected chi connectivity index (χ3v) is 3.89. The summed E-state index contributed by atoms with van der Waals surface area (Å²) in [5.41, 5.74) is 4.14. The molecule has 0 spiro atoms. The van der Waals surface area contributed by atoms with Gasteiger partial charge in [-0.25, -0.2) is 0 Å². The number of carbonyl (C=O) groups is 1. The van der Waals surface area contributed by atoms with E-state index >= 15 is 0 Å². The van der Waals surface area contributed by atoms with Gasteiger partial charge >= 0.3 is 0 Å². The van der Waals surface area contributed by atoms with Crippen LogP contribution in [0, 0.1) is 25.2 Å². The molecule has 2 aromatic rings. The number of carbonyl (C=O) groups excluding carboxylic acids is 1. The van der Waals surface area contributed by atoms with Crippen molar-refractivity contribution in [3.05, 3.63) is 52.8 Å². The van der Waals surface area contributed by atoms with E-state index in [1.807, 2.05) is 61.7 Å². The number of ketones is 1. The Bertz CT molecular complexity index is 722. The first-order chi connectivity index (χ1) is 9.95. The summed E-state index contributed by atoms with van der Waals surface area (Å²) in [6.07, 6.45) is 0. The van der Waals surface area contributed by atoms with Gasteiger partial charge in [0, 0.05) is 31.0 Å². The predicted octanol–water partition coefficient (Wildman–Crippen LogP) is 2.83. The first-order valence-electron chi connectivity index (χ1n) is 6.82. The Morgan fingerprint density at radius 2 is 2.00 bits per heavy atom. The van der Waals surface area contributed by atoms with Crippen molar-refractivity contribution in [2.75, 3.05) is 18.5 Å². The summed E-state index contributed by atoms with van der Waals surface area (Å²) in [5, 5.41) is 9.14. The summed E-state index contributed by atoms with van der Waals surface area (Å²) in [4.78, 5) is 14.3. The summed E-state index contributed by atoms with van der Waals surface area (Å²) in [6, 6.07) is 11.4. The number of hydrogen-bond donors (Lipinski definition) is 0. The van der Waals surface area contributed by atoms with Crippen molar-refractivity contribution >= 4 is 11.5 Å². The van der Waals surface area contributed by atoms with Gasteiger partial charge in [0.1, 0.15) is 6.07 Å². The molecule has 0 saturated heterocycles. The highest BCUT2D eigenvalue weighted by Gasteiger charge is 2.17. The fourth-order valence-electron chi connectivity index (χ4n) is 2.42. The average Bonchev–Trinajstić information content (AvgIpc) is 2.74. The van der Waals surface area contributed by atoms with Crippen LogP contribution in [-0.2, 0) is 7.05 Å². The van der Waals surface area contributed by atoms with Crippen molar-refractivity contribution in [2.24, 2.45) is 7.05 Å². The third kappa shape index (κ3) is 2.82. The van der Waals surface area contributed by atoms with Crippen LogP contribution >= 0.6 is 0 Å². The minimum atomic E-state index is 0.0615. The molecule has 0 amide bonds. The van der Waals surface area contributed by atoms with E-state index in [-0.39, 0.29) is 12.3 Å². The second kappa shape index (κ2) is 5.84. The van der Waals surface area contributed by atoms with E-state index in [2.05, 4.69) is 6.07 Å². The maximum absolute atomic E-state index is 12.5. The number of nitriles is 1. The Balaban J connectivity index is 2.23. The molecule has 0 atom stereocenters. The molecule has 0 radical (unpaired) electrons. The largest absolute Gasteiger partial charge is 0.366 e. The lowest BCUT2D eigenvalue weighted by Crippen LogP contribution is -2.26. The fraction of sp³-hybridized carbons (Fsp3) is 0.294. The van der Waals surface area contributed by atoms with Crippen LogP contribution in [-0.4, -0.2) is 23.9 Å². The molecule has 21 heavy (non-hydrogen) atoms. The Morgan fingerprint density at radius 1 is 1.33 bits per heavy atom. The molecule has 0 aliphatic rings. The predicted molar refractivity (Wildman–Crippen MR) is 83.6 cm³/mol. The summed E-state index contributed by atoms with van der Waals surface area (Å²) >= 11 is 0. The normalized spacial score (nSPS) is 10.2. The molecule has 0 bridgehead atoms. The van der Waals surface area contributed by atoms with Gasteiger partial charge in [-0.15, -0.1) is 0 Å². The SMILES string of the molecule is Cc1cc(C(=O)CN(C)c2ccccc2C#N)c(C)n1C. The van der Waals surface area contributed by atoms with Gasteiger partial charge in [-0.3, -0.25) is 4.79 Å². The number of Topliss-reactive ketones (excluding diaryl/α,β-unsaturated/α-hetero) is 1. The zero-order valence-electron chi connectivity index (χ0n) is 12.8. The maximum atomic E-state index is 12.5. The second-order valence-corrected chi connectivity index (χ2v) is 5.25. The van der Waals surface area contributed by atoms with Gasteiger partial charge in [0.05, 0.1) is 17.8 Å². The Morgan fingerprint density at radius 3 is 2.57 bits per heavy atom. The van der Waals surface area contributed by atoms with Gasteiger partial charge in [-0.05, 0) is 32.0 Å². The van der Waals surface area contributed by atoms with Gasteiger partial charge in [0.2, 0.25) is 0 Å². The quantitative estimate of drug-likeness (QED) is 0.810. The molecule has 2 rings (SSSR count). The van der Waals surface area contributed by atoms with Gasteiger partial charge in [0.25, 0.3) is 0 Å². The summed E-state index contributed by atoms with van der Waals surface area (Å²) in [7, 11) is 3.79. The molecule has 0 fully saturated rings. The number of anilines is 1. The summed E-state index contributed by atoms with van der Waals surface area (Å²) in [6.45, 7) is 4.19. The van der Waals surface area contributed by atoms with Gasteiger partial charge in [-0.1, -0.05) is 12.1 Å². The molecule has 1 aromatic heterocycles.